The van der Waals surface area contributed by atoms with E-state index >= 15 is 0 Å². The summed E-state index contributed by atoms with van der Waals surface area (Å²) in [4.78, 5) is 8.03. The number of benzene rings is 1. The van der Waals surface area contributed by atoms with Crippen molar-refractivity contribution in [3.05, 3.63) is 41.5 Å². The van der Waals surface area contributed by atoms with Gasteiger partial charge in [-0.15, -0.1) is 0 Å². The first-order valence-electron chi connectivity index (χ1n) is 6.52. The smallest absolute Gasteiger partial charge is 0.223 e. The molecule has 2 aromatic rings. The van der Waals surface area contributed by atoms with E-state index in [0.717, 1.165) is 0 Å². The molecular weight excluding hydrogens is 252 g/mol. The Hall–Kier alpha value is -2.34. The minimum atomic E-state index is 0.179. The van der Waals surface area contributed by atoms with Crippen molar-refractivity contribution in [3.8, 4) is 0 Å². The predicted molar refractivity (Wildman–Crippen MR) is 82.1 cm³/mol. The summed E-state index contributed by atoms with van der Waals surface area (Å²) in [7, 11) is 0. The maximum Gasteiger partial charge on any atom is 0.223 e. The highest BCUT2D eigenvalue weighted by Gasteiger charge is 2.02. The van der Waals surface area contributed by atoms with Crippen LogP contribution in [0.25, 0.3) is 0 Å². The molecule has 0 amide bonds. The average molecular weight is 272 g/mol. The van der Waals surface area contributed by atoms with Crippen molar-refractivity contribution >= 4 is 17.6 Å². The molecule has 106 valence electrons. The monoisotopic (exact) mass is 272 g/mol. The van der Waals surface area contributed by atoms with Crippen LogP contribution in [-0.2, 0) is 6.54 Å². The van der Waals surface area contributed by atoms with Crippen LogP contribution in [-0.4, -0.2) is 9.97 Å². The van der Waals surface area contributed by atoms with Gasteiger partial charge in [0.2, 0.25) is 5.95 Å². The van der Waals surface area contributed by atoms with Gasteiger partial charge in [-0.05, 0) is 17.0 Å². The molecule has 6 heteroatoms. The zero-order valence-corrected chi connectivity index (χ0v) is 11.7. The Labute approximate surface area is 118 Å². The molecule has 1 aromatic heterocycles. The summed E-state index contributed by atoms with van der Waals surface area (Å²) in [5, 5.41) is 3.20. The second kappa shape index (κ2) is 6.21. The Morgan fingerprint density at radius 2 is 1.75 bits per heavy atom. The van der Waals surface area contributed by atoms with Crippen molar-refractivity contribution in [1.29, 1.82) is 0 Å². The summed E-state index contributed by atoms with van der Waals surface area (Å²) in [5.41, 5.74) is 10.6. The predicted octanol–water partition coefficient (Wildman–Crippen LogP) is 2.08. The van der Waals surface area contributed by atoms with E-state index in [9.17, 15) is 0 Å². The van der Waals surface area contributed by atoms with Crippen LogP contribution in [0.15, 0.2) is 30.3 Å². The van der Waals surface area contributed by atoms with E-state index in [1.54, 1.807) is 6.07 Å². The minimum absolute atomic E-state index is 0.179. The maximum atomic E-state index is 5.60. The van der Waals surface area contributed by atoms with E-state index in [4.69, 9.17) is 11.6 Å². The number of nitrogen functional groups attached to an aromatic ring is 2. The van der Waals surface area contributed by atoms with E-state index in [-0.39, 0.29) is 5.95 Å². The third-order valence-corrected chi connectivity index (χ3v) is 3.01. The molecule has 0 bridgehead atoms. The summed E-state index contributed by atoms with van der Waals surface area (Å²) in [6, 6.07) is 10.2. The molecule has 0 spiro atoms. The van der Waals surface area contributed by atoms with Crippen LogP contribution in [0.2, 0.25) is 0 Å². The second-order valence-corrected chi connectivity index (χ2v) is 4.89. The number of aromatic nitrogens is 2. The quantitative estimate of drug-likeness (QED) is 0.491. The number of nitrogens with two attached hydrogens (primary N) is 2. The van der Waals surface area contributed by atoms with Crippen LogP contribution in [0.1, 0.15) is 30.9 Å². The lowest BCUT2D eigenvalue weighted by atomic mass is 10.0. The van der Waals surface area contributed by atoms with Crippen molar-refractivity contribution in [2.45, 2.75) is 26.3 Å². The summed E-state index contributed by atoms with van der Waals surface area (Å²) < 4.78 is 0. The Bertz CT molecular complexity index is 564. The van der Waals surface area contributed by atoms with Gasteiger partial charge >= 0.3 is 0 Å². The molecule has 0 atom stereocenters. The van der Waals surface area contributed by atoms with Gasteiger partial charge in [-0.3, -0.25) is 0 Å². The molecule has 0 saturated carbocycles. The Morgan fingerprint density at radius 3 is 2.35 bits per heavy atom. The highest BCUT2D eigenvalue weighted by atomic mass is 15.3. The highest BCUT2D eigenvalue weighted by Crippen LogP contribution is 2.16. The van der Waals surface area contributed by atoms with Gasteiger partial charge in [0.05, 0.1) is 0 Å². The van der Waals surface area contributed by atoms with E-state index in [1.807, 2.05) is 0 Å². The van der Waals surface area contributed by atoms with Gasteiger partial charge in [-0.2, -0.15) is 9.97 Å². The number of nitrogens with one attached hydrogen (secondary N) is 2. The zero-order chi connectivity index (χ0) is 14.5. The van der Waals surface area contributed by atoms with Gasteiger partial charge in [-0.25, -0.2) is 5.84 Å². The maximum absolute atomic E-state index is 5.60. The number of hydrogen-bond donors (Lipinski definition) is 4. The molecule has 0 unspecified atom stereocenters. The molecule has 6 nitrogen and oxygen atoms in total. The standard InChI is InChI=1S/C14H20N6/c1-9(2)11-5-3-10(4-6-11)8-17-12-7-13(20-16)19-14(15)18-12/h3-7,9H,8,16H2,1-2H3,(H4,15,17,18,19,20). The minimum Gasteiger partial charge on any atom is -0.368 e. The van der Waals surface area contributed by atoms with Gasteiger partial charge in [0.1, 0.15) is 11.6 Å². The molecule has 2 rings (SSSR count). The first-order valence-corrected chi connectivity index (χ1v) is 6.52. The number of anilines is 3. The molecule has 1 aromatic carbocycles. The fourth-order valence-corrected chi connectivity index (χ4v) is 1.84. The van der Waals surface area contributed by atoms with Crippen LogP contribution in [0.4, 0.5) is 17.6 Å². The second-order valence-electron chi connectivity index (χ2n) is 4.89. The Balaban J connectivity index is 2.03. The Kier molecular flexibility index (Phi) is 4.37. The first kappa shape index (κ1) is 14.1. The first-order chi connectivity index (χ1) is 9.58. The fraction of sp³-hybridized carbons (Fsp3) is 0.286. The lowest BCUT2D eigenvalue weighted by molar-refractivity contribution is 0.865. The van der Waals surface area contributed by atoms with Crippen molar-refractivity contribution < 1.29 is 0 Å². The van der Waals surface area contributed by atoms with Crippen molar-refractivity contribution in [2.75, 3.05) is 16.5 Å². The van der Waals surface area contributed by atoms with E-state index in [1.165, 1.54) is 11.1 Å². The number of hydrogen-bond acceptors (Lipinski definition) is 6. The molecular formula is C14H20N6. The van der Waals surface area contributed by atoms with Gasteiger partial charge in [0.25, 0.3) is 0 Å². The van der Waals surface area contributed by atoms with Gasteiger partial charge in [0.15, 0.2) is 0 Å². The van der Waals surface area contributed by atoms with Gasteiger partial charge in [-0.1, -0.05) is 38.1 Å². The molecule has 0 fully saturated rings. The van der Waals surface area contributed by atoms with Gasteiger partial charge < -0.3 is 16.5 Å². The van der Waals surface area contributed by atoms with E-state index < -0.39 is 0 Å². The van der Waals surface area contributed by atoms with Crippen LogP contribution < -0.4 is 22.3 Å². The van der Waals surface area contributed by atoms with E-state index in [0.29, 0.717) is 24.1 Å². The van der Waals surface area contributed by atoms with Crippen LogP contribution >= 0.6 is 0 Å². The number of hydrazine groups is 1. The molecule has 0 aliphatic heterocycles. The number of nitrogens with zero attached hydrogens (tertiary/aromatic N) is 2. The van der Waals surface area contributed by atoms with Gasteiger partial charge in [0, 0.05) is 12.6 Å². The SMILES string of the molecule is CC(C)c1ccc(CNc2cc(NN)nc(N)n2)cc1. The average Bonchev–Trinajstić information content (AvgIpc) is 2.45. The normalized spacial score (nSPS) is 10.6. The van der Waals surface area contributed by atoms with Crippen LogP contribution in [0.3, 0.4) is 0 Å². The number of rotatable bonds is 5. The summed E-state index contributed by atoms with van der Waals surface area (Å²) in [6.07, 6.45) is 0. The lowest BCUT2D eigenvalue weighted by Gasteiger charge is -2.09. The van der Waals surface area contributed by atoms with Crippen LogP contribution in [0.5, 0.6) is 0 Å². The van der Waals surface area contributed by atoms with Crippen molar-refractivity contribution in [2.24, 2.45) is 5.84 Å². The van der Waals surface area contributed by atoms with Crippen molar-refractivity contribution in [1.82, 2.24) is 9.97 Å². The lowest BCUT2D eigenvalue weighted by Crippen LogP contribution is -2.12. The third kappa shape index (κ3) is 3.58. The van der Waals surface area contributed by atoms with E-state index in [2.05, 4.69) is 58.8 Å². The zero-order valence-electron chi connectivity index (χ0n) is 11.7. The molecule has 0 radical (unpaired) electrons. The third-order valence-electron chi connectivity index (χ3n) is 3.01. The summed E-state index contributed by atoms with van der Waals surface area (Å²) in [6.45, 7) is 5.02. The summed E-state index contributed by atoms with van der Waals surface area (Å²) in [5.74, 6) is 7.15. The highest BCUT2D eigenvalue weighted by molar-refractivity contribution is 5.50. The Morgan fingerprint density at radius 1 is 1.10 bits per heavy atom. The largest absolute Gasteiger partial charge is 0.368 e. The molecule has 0 aliphatic rings. The summed E-state index contributed by atoms with van der Waals surface area (Å²) >= 11 is 0. The molecule has 1 heterocycles. The fourth-order valence-electron chi connectivity index (χ4n) is 1.84. The molecule has 0 aliphatic carbocycles. The molecule has 6 N–H and O–H groups in total. The van der Waals surface area contributed by atoms with Crippen molar-refractivity contribution in [3.63, 3.8) is 0 Å². The molecule has 20 heavy (non-hydrogen) atoms. The molecule has 0 saturated heterocycles. The topological polar surface area (TPSA) is 102 Å². The van der Waals surface area contributed by atoms with Crippen LogP contribution in [0, 0.1) is 0 Å².